The van der Waals surface area contributed by atoms with Crippen molar-refractivity contribution in [3.8, 4) is 0 Å². The minimum absolute atomic E-state index is 0.0165. The number of carbonyl (C=O) groups excluding carboxylic acids is 1. The van der Waals surface area contributed by atoms with Gasteiger partial charge in [-0.05, 0) is 24.6 Å². The largest absolute Gasteiger partial charge is 0.441 e. The molecule has 1 aromatic carbocycles. The van der Waals surface area contributed by atoms with Crippen molar-refractivity contribution in [1.82, 2.24) is 4.72 Å². The van der Waals surface area contributed by atoms with Gasteiger partial charge < -0.3 is 14.2 Å². The third-order valence-corrected chi connectivity index (χ3v) is 6.11. The summed E-state index contributed by atoms with van der Waals surface area (Å²) in [6.07, 6.45) is -7.14. The highest BCUT2D eigenvalue weighted by Gasteiger charge is 2.50. The van der Waals surface area contributed by atoms with Gasteiger partial charge >= 0.3 is 12.3 Å². The lowest BCUT2D eigenvalue weighted by Gasteiger charge is -2.18. The molecule has 2 fully saturated rings. The molecule has 0 spiro atoms. The summed E-state index contributed by atoms with van der Waals surface area (Å²) in [7, 11) is -3.47. The lowest BCUT2D eigenvalue weighted by atomic mass is 10.1. The molecular weight excluding hydrogens is 417 g/mol. The van der Waals surface area contributed by atoms with E-state index in [1.54, 1.807) is 6.92 Å². The van der Waals surface area contributed by atoms with Gasteiger partial charge in [0.25, 0.3) is 0 Å². The quantitative estimate of drug-likeness (QED) is 0.705. The standard InChI is InChI=1S/C17H21F3N2O6S/c1-2-6-29(24,25)22-12-8-26-15-13(9-27-14(12)15)28-16(23)21-11-5-3-4-10(7-11)17(18,19)20/h3-5,7,12-15,22H,2,6,8-9H2,1H3,(H,21,23). The highest BCUT2D eigenvalue weighted by molar-refractivity contribution is 7.89. The predicted octanol–water partition coefficient (Wildman–Crippen LogP) is 2.12. The van der Waals surface area contributed by atoms with Crippen molar-refractivity contribution in [2.75, 3.05) is 24.3 Å². The molecular formula is C17H21F3N2O6S. The van der Waals surface area contributed by atoms with Crippen LogP contribution in [0.15, 0.2) is 24.3 Å². The minimum Gasteiger partial charge on any atom is -0.441 e. The number of hydrogen-bond acceptors (Lipinski definition) is 6. The Hall–Kier alpha value is -1.89. The first kappa shape index (κ1) is 21.8. The Morgan fingerprint density at radius 1 is 1.24 bits per heavy atom. The zero-order chi connectivity index (χ0) is 21.2. The van der Waals surface area contributed by atoms with E-state index in [0.29, 0.717) is 6.42 Å². The van der Waals surface area contributed by atoms with Crippen LogP contribution in [0.4, 0.5) is 23.7 Å². The van der Waals surface area contributed by atoms with E-state index >= 15 is 0 Å². The first-order chi connectivity index (χ1) is 13.6. The van der Waals surface area contributed by atoms with Crippen molar-refractivity contribution in [2.45, 2.75) is 43.9 Å². The van der Waals surface area contributed by atoms with Crippen molar-refractivity contribution in [1.29, 1.82) is 0 Å². The van der Waals surface area contributed by atoms with Crippen LogP contribution in [0.1, 0.15) is 18.9 Å². The molecule has 29 heavy (non-hydrogen) atoms. The van der Waals surface area contributed by atoms with E-state index in [9.17, 15) is 26.4 Å². The molecule has 0 bridgehead atoms. The van der Waals surface area contributed by atoms with Gasteiger partial charge in [0.05, 0.1) is 30.6 Å². The van der Waals surface area contributed by atoms with Crippen LogP contribution in [-0.4, -0.2) is 57.8 Å². The fourth-order valence-corrected chi connectivity index (χ4v) is 4.60. The Kier molecular flexibility index (Phi) is 6.36. The highest BCUT2D eigenvalue weighted by Crippen LogP contribution is 2.31. The molecule has 12 heteroatoms. The number of hydrogen-bond donors (Lipinski definition) is 2. The molecule has 0 radical (unpaired) electrons. The first-order valence-corrected chi connectivity index (χ1v) is 10.6. The molecule has 2 heterocycles. The summed E-state index contributed by atoms with van der Waals surface area (Å²) in [6, 6.07) is 3.55. The van der Waals surface area contributed by atoms with Crippen LogP contribution in [0.5, 0.6) is 0 Å². The lowest BCUT2D eigenvalue weighted by Crippen LogP contribution is -2.45. The van der Waals surface area contributed by atoms with Gasteiger partial charge in [0.2, 0.25) is 10.0 Å². The highest BCUT2D eigenvalue weighted by atomic mass is 32.2. The second kappa shape index (κ2) is 8.46. The van der Waals surface area contributed by atoms with Crippen molar-refractivity contribution in [3.63, 3.8) is 0 Å². The molecule has 3 rings (SSSR count). The van der Waals surface area contributed by atoms with Gasteiger partial charge in [-0.2, -0.15) is 13.2 Å². The van der Waals surface area contributed by atoms with Crippen LogP contribution in [0.2, 0.25) is 0 Å². The van der Waals surface area contributed by atoms with Crippen LogP contribution >= 0.6 is 0 Å². The van der Waals surface area contributed by atoms with Crippen LogP contribution < -0.4 is 10.0 Å². The molecule has 2 saturated heterocycles. The number of halogens is 3. The van der Waals surface area contributed by atoms with Crippen LogP contribution in [-0.2, 0) is 30.4 Å². The smallest absolute Gasteiger partial charge is 0.416 e. The van der Waals surface area contributed by atoms with Crippen LogP contribution in [0.25, 0.3) is 0 Å². The summed E-state index contributed by atoms with van der Waals surface area (Å²) in [4.78, 5) is 12.1. The van der Waals surface area contributed by atoms with Gasteiger partial charge in [-0.1, -0.05) is 13.0 Å². The zero-order valence-corrected chi connectivity index (χ0v) is 16.3. The normalized spacial score (nSPS) is 26.9. The maximum Gasteiger partial charge on any atom is 0.416 e. The lowest BCUT2D eigenvalue weighted by molar-refractivity contribution is -0.137. The van der Waals surface area contributed by atoms with E-state index in [1.165, 1.54) is 12.1 Å². The fourth-order valence-electron chi connectivity index (χ4n) is 3.28. The predicted molar refractivity (Wildman–Crippen MR) is 95.8 cm³/mol. The number of fused-ring (bicyclic) bond motifs is 1. The maximum atomic E-state index is 12.8. The third-order valence-electron chi connectivity index (χ3n) is 4.51. The summed E-state index contributed by atoms with van der Waals surface area (Å²) >= 11 is 0. The molecule has 1 aromatic rings. The first-order valence-electron chi connectivity index (χ1n) is 8.97. The molecule has 2 aliphatic rings. The Balaban J connectivity index is 1.57. The Morgan fingerprint density at radius 2 is 1.97 bits per heavy atom. The molecule has 4 unspecified atom stereocenters. The van der Waals surface area contributed by atoms with Crippen molar-refractivity contribution >= 4 is 21.8 Å². The van der Waals surface area contributed by atoms with Gasteiger partial charge in [0.1, 0.15) is 12.2 Å². The third kappa shape index (κ3) is 5.38. The van der Waals surface area contributed by atoms with Crippen LogP contribution in [0, 0.1) is 0 Å². The average molecular weight is 438 g/mol. The topological polar surface area (TPSA) is 103 Å². The minimum atomic E-state index is -4.54. The number of alkyl halides is 3. The van der Waals surface area contributed by atoms with Crippen molar-refractivity contribution in [2.24, 2.45) is 0 Å². The number of nitrogens with one attached hydrogen (secondary N) is 2. The van der Waals surface area contributed by atoms with E-state index in [4.69, 9.17) is 14.2 Å². The number of amides is 1. The summed E-state index contributed by atoms with van der Waals surface area (Å²) < 4.78 is 81.0. The Bertz CT molecular complexity index is 848. The van der Waals surface area contributed by atoms with E-state index in [1.807, 2.05) is 0 Å². The number of carbonyl (C=O) groups is 1. The summed E-state index contributed by atoms with van der Waals surface area (Å²) in [5.41, 5.74) is -0.973. The zero-order valence-electron chi connectivity index (χ0n) is 15.4. The van der Waals surface area contributed by atoms with E-state index in [-0.39, 0.29) is 24.7 Å². The van der Waals surface area contributed by atoms with Crippen molar-refractivity contribution in [3.05, 3.63) is 29.8 Å². The number of benzene rings is 1. The number of sulfonamides is 1. The Labute approximate surface area is 165 Å². The van der Waals surface area contributed by atoms with Gasteiger partial charge in [-0.3, -0.25) is 5.32 Å². The van der Waals surface area contributed by atoms with Crippen molar-refractivity contribution < 1.29 is 40.6 Å². The molecule has 0 aromatic heterocycles. The second-order valence-corrected chi connectivity index (χ2v) is 8.66. The molecule has 0 aliphatic carbocycles. The molecule has 2 N–H and O–H groups in total. The molecule has 4 atom stereocenters. The molecule has 8 nitrogen and oxygen atoms in total. The monoisotopic (exact) mass is 438 g/mol. The van der Waals surface area contributed by atoms with E-state index in [0.717, 1.165) is 12.1 Å². The molecule has 1 amide bonds. The van der Waals surface area contributed by atoms with Gasteiger partial charge in [-0.15, -0.1) is 0 Å². The fraction of sp³-hybridized carbons (Fsp3) is 0.588. The Morgan fingerprint density at radius 3 is 2.66 bits per heavy atom. The summed E-state index contributed by atoms with van der Waals surface area (Å²) in [5.74, 6) is -0.0276. The summed E-state index contributed by atoms with van der Waals surface area (Å²) in [6.45, 7) is 1.79. The van der Waals surface area contributed by atoms with Crippen LogP contribution in [0.3, 0.4) is 0 Å². The average Bonchev–Trinajstić information content (AvgIpc) is 3.18. The van der Waals surface area contributed by atoms with Gasteiger partial charge in [0, 0.05) is 5.69 Å². The second-order valence-electron chi connectivity index (χ2n) is 6.79. The number of rotatable bonds is 6. The van der Waals surface area contributed by atoms with Gasteiger partial charge in [-0.25, -0.2) is 17.9 Å². The van der Waals surface area contributed by atoms with E-state index < -0.39 is 52.2 Å². The van der Waals surface area contributed by atoms with Gasteiger partial charge in [0.15, 0.2) is 6.10 Å². The van der Waals surface area contributed by atoms with E-state index in [2.05, 4.69) is 10.0 Å². The number of ether oxygens (including phenoxy) is 3. The number of anilines is 1. The molecule has 0 saturated carbocycles. The molecule has 162 valence electrons. The maximum absolute atomic E-state index is 12.8. The molecule has 2 aliphatic heterocycles. The summed E-state index contributed by atoms with van der Waals surface area (Å²) in [5, 5.41) is 2.24. The SMILES string of the molecule is CCCS(=O)(=O)NC1COC2C(OC(=O)Nc3cccc(C(F)(F)F)c3)COC12.